The van der Waals surface area contributed by atoms with Gasteiger partial charge in [-0.15, -0.1) is 0 Å². The Kier molecular flexibility index (Phi) is 7.59. The van der Waals surface area contributed by atoms with Gasteiger partial charge in [0.25, 0.3) is 0 Å². The molecule has 0 saturated carbocycles. The Morgan fingerprint density at radius 1 is 0.750 bits per heavy atom. The Bertz CT molecular complexity index is 761. The summed E-state index contributed by atoms with van der Waals surface area (Å²) < 4.78 is 0. The van der Waals surface area contributed by atoms with Crippen molar-refractivity contribution in [2.24, 2.45) is 0 Å². The summed E-state index contributed by atoms with van der Waals surface area (Å²) in [6.07, 6.45) is 15.5. The van der Waals surface area contributed by atoms with E-state index in [9.17, 15) is 10.2 Å². The van der Waals surface area contributed by atoms with E-state index < -0.39 is 0 Å². The second-order valence-electron chi connectivity index (χ2n) is 8.17. The van der Waals surface area contributed by atoms with Crippen LogP contribution in [-0.2, 0) is 6.42 Å². The number of hydrogen-bond donors (Lipinski definition) is 2. The van der Waals surface area contributed by atoms with Gasteiger partial charge in [0.15, 0.2) is 0 Å². The highest BCUT2D eigenvalue weighted by Crippen LogP contribution is 2.37. The molecule has 0 spiro atoms. The maximum absolute atomic E-state index is 10.2. The molecular formula is C26H34O2. The van der Waals surface area contributed by atoms with Gasteiger partial charge >= 0.3 is 0 Å². The van der Waals surface area contributed by atoms with Gasteiger partial charge in [-0.3, -0.25) is 0 Å². The Morgan fingerprint density at radius 2 is 1.36 bits per heavy atom. The molecule has 2 aromatic rings. The molecule has 1 aliphatic rings. The predicted molar refractivity (Wildman–Crippen MR) is 117 cm³/mol. The summed E-state index contributed by atoms with van der Waals surface area (Å²) in [4.78, 5) is 0. The second-order valence-corrected chi connectivity index (χ2v) is 8.17. The maximum atomic E-state index is 10.2. The molecule has 0 radical (unpaired) electrons. The molecule has 0 heterocycles. The summed E-state index contributed by atoms with van der Waals surface area (Å²) in [6.45, 7) is 2.25. The van der Waals surface area contributed by atoms with Gasteiger partial charge in [0.2, 0.25) is 0 Å². The second kappa shape index (κ2) is 10.4. The fraction of sp³-hybridized carbons (Fsp3) is 0.462. The maximum Gasteiger partial charge on any atom is 0.118 e. The number of unbranched alkanes of at least 4 members (excludes halogenated alkanes) is 5. The van der Waals surface area contributed by atoms with E-state index in [4.69, 9.17) is 0 Å². The van der Waals surface area contributed by atoms with Crippen molar-refractivity contribution in [2.75, 3.05) is 0 Å². The van der Waals surface area contributed by atoms with Crippen molar-refractivity contribution in [2.45, 2.75) is 76.5 Å². The Hall–Kier alpha value is -2.22. The Labute approximate surface area is 169 Å². The van der Waals surface area contributed by atoms with Crippen molar-refractivity contribution in [3.05, 3.63) is 71.3 Å². The molecule has 0 bridgehead atoms. The highest BCUT2D eigenvalue weighted by molar-refractivity contribution is 5.40. The molecule has 2 aromatic carbocycles. The summed E-state index contributed by atoms with van der Waals surface area (Å²) in [5.74, 6) is 1.62. The molecule has 1 aliphatic carbocycles. The van der Waals surface area contributed by atoms with E-state index in [1.165, 1.54) is 43.2 Å². The summed E-state index contributed by atoms with van der Waals surface area (Å²) >= 11 is 0. The Balaban J connectivity index is 1.58. The van der Waals surface area contributed by atoms with E-state index in [0.29, 0.717) is 23.3 Å². The minimum Gasteiger partial charge on any atom is -0.508 e. The summed E-state index contributed by atoms with van der Waals surface area (Å²) in [6, 6.07) is 13.7. The van der Waals surface area contributed by atoms with Gasteiger partial charge in [-0.05, 0) is 60.6 Å². The van der Waals surface area contributed by atoms with Gasteiger partial charge in [-0.1, -0.05) is 75.4 Å². The zero-order valence-corrected chi connectivity index (χ0v) is 17.1. The van der Waals surface area contributed by atoms with Crippen molar-refractivity contribution < 1.29 is 10.2 Å². The van der Waals surface area contributed by atoms with Gasteiger partial charge in [0, 0.05) is 11.8 Å². The largest absolute Gasteiger partial charge is 0.508 e. The lowest BCUT2D eigenvalue weighted by Gasteiger charge is -2.24. The first-order valence-corrected chi connectivity index (χ1v) is 11.0. The molecule has 2 unspecified atom stereocenters. The van der Waals surface area contributed by atoms with Gasteiger partial charge in [-0.2, -0.15) is 0 Å². The quantitative estimate of drug-likeness (QED) is 0.357. The van der Waals surface area contributed by atoms with Gasteiger partial charge in [-0.25, -0.2) is 0 Å². The molecule has 0 fully saturated rings. The van der Waals surface area contributed by atoms with Gasteiger partial charge in [0.05, 0.1) is 0 Å². The summed E-state index contributed by atoms with van der Waals surface area (Å²) in [5.41, 5.74) is 3.68. The van der Waals surface area contributed by atoms with Crippen molar-refractivity contribution in [1.82, 2.24) is 0 Å². The summed E-state index contributed by atoms with van der Waals surface area (Å²) in [7, 11) is 0. The van der Waals surface area contributed by atoms with Crippen LogP contribution >= 0.6 is 0 Å². The number of benzene rings is 2. The van der Waals surface area contributed by atoms with Gasteiger partial charge in [0.1, 0.15) is 11.5 Å². The molecule has 2 nitrogen and oxygen atoms in total. The molecule has 0 aromatic heterocycles. The van der Waals surface area contributed by atoms with Crippen molar-refractivity contribution in [1.29, 1.82) is 0 Å². The third-order valence-corrected chi connectivity index (χ3v) is 6.02. The van der Waals surface area contributed by atoms with E-state index in [0.717, 1.165) is 31.2 Å². The van der Waals surface area contributed by atoms with Crippen LogP contribution in [0, 0.1) is 0 Å². The lowest BCUT2D eigenvalue weighted by Crippen LogP contribution is -2.07. The molecule has 2 heteroatoms. The zero-order valence-electron chi connectivity index (χ0n) is 17.1. The normalized spacial score (nSPS) is 19.0. The number of aromatic hydroxyl groups is 2. The SMILES string of the molecule is CCCCCCCCc1cc(C2C=CC(c3ccc(O)cc3)CC2)ccc1O. The van der Waals surface area contributed by atoms with Crippen molar-refractivity contribution >= 4 is 0 Å². The molecular weight excluding hydrogens is 344 g/mol. The van der Waals surface area contributed by atoms with Crippen LogP contribution in [0.15, 0.2) is 54.6 Å². The average Bonchev–Trinajstić information content (AvgIpc) is 2.72. The zero-order chi connectivity index (χ0) is 19.8. The minimum absolute atomic E-state index is 0.323. The average molecular weight is 379 g/mol. The molecule has 28 heavy (non-hydrogen) atoms. The van der Waals surface area contributed by atoms with Crippen LogP contribution in [0.5, 0.6) is 11.5 Å². The van der Waals surface area contributed by atoms with E-state index in [1.54, 1.807) is 12.1 Å². The Morgan fingerprint density at radius 3 is 2.04 bits per heavy atom. The number of hydrogen-bond acceptors (Lipinski definition) is 2. The number of aryl methyl sites for hydroxylation is 1. The van der Waals surface area contributed by atoms with Crippen LogP contribution < -0.4 is 0 Å². The summed E-state index contributed by atoms with van der Waals surface area (Å²) in [5, 5.41) is 19.7. The van der Waals surface area contributed by atoms with Crippen molar-refractivity contribution in [3.63, 3.8) is 0 Å². The molecule has 0 saturated heterocycles. The highest BCUT2D eigenvalue weighted by atomic mass is 16.3. The molecule has 2 N–H and O–H groups in total. The molecule has 0 amide bonds. The monoisotopic (exact) mass is 378 g/mol. The lowest BCUT2D eigenvalue weighted by molar-refractivity contribution is 0.465. The standard InChI is InChI=1S/C26H34O2/c1-2-3-4-5-6-7-8-24-19-23(15-18-26(24)28)22-11-9-20(10-12-22)21-13-16-25(27)17-14-21/h9,11,13-20,22,27-28H,2-8,10,12H2,1H3. The van der Waals surface area contributed by atoms with E-state index in [-0.39, 0.29) is 0 Å². The van der Waals surface area contributed by atoms with Gasteiger partial charge < -0.3 is 10.2 Å². The number of rotatable bonds is 9. The van der Waals surface area contributed by atoms with Crippen LogP contribution in [0.1, 0.15) is 86.8 Å². The third-order valence-electron chi connectivity index (χ3n) is 6.02. The minimum atomic E-state index is 0.323. The number of phenolic OH excluding ortho intramolecular Hbond substituents is 2. The topological polar surface area (TPSA) is 40.5 Å². The molecule has 2 atom stereocenters. The van der Waals surface area contributed by atoms with Crippen molar-refractivity contribution in [3.8, 4) is 11.5 Å². The highest BCUT2D eigenvalue weighted by Gasteiger charge is 2.19. The molecule has 3 rings (SSSR count). The predicted octanol–water partition coefficient (Wildman–Crippen LogP) is 7.22. The van der Waals surface area contributed by atoms with Crippen LogP contribution in [0.25, 0.3) is 0 Å². The third kappa shape index (κ3) is 5.64. The van der Waals surface area contributed by atoms with Crippen LogP contribution in [0.4, 0.5) is 0 Å². The molecule has 0 aliphatic heterocycles. The lowest BCUT2D eigenvalue weighted by atomic mass is 9.81. The molecule has 150 valence electrons. The smallest absolute Gasteiger partial charge is 0.118 e. The van der Waals surface area contributed by atoms with Crippen LogP contribution in [0.2, 0.25) is 0 Å². The fourth-order valence-electron chi connectivity index (χ4n) is 4.23. The van der Waals surface area contributed by atoms with E-state index in [2.05, 4.69) is 31.2 Å². The number of allylic oxidation sites excluding steroid dienone is 2. The van der Waals surface area contributed by atoms with Crippen LogP contribution in [0.3, 0.4) is 0 Å². The van der Waals surface area contributed by atoms with E-state index >= 15 is 0 Å². The fourth-order valence-corrected chi connectivity index (χ4v) is 4.23. The first-order valence-electron chi connectivity index (χ1n) is 11.0. The van der Waals surface area contributed by atoms with Crippen LogP contribution in [-0.4, -0.2) is 10.2 Å². The number of phenols is 2. The first kappa shape index (κ1) is 20.5. The first-order chi connectivity index (χ1) is 13.7. The van der Waals surface area contributed by atoms with E-state index in [1.807, 2.05) is 18.2 Å².